The van der Waals surface area contributed by atoms with E-state index in [1.54, 1.807) is 31.4 Å². The van der Waals surface area contributed by atoms with Gasteiger partial charge in [0.2, 0.25) is 5.91 Å². The van der Waals surface area contributed by atoms with Gasteiger partial charge in [0.15, 0.2) is 6.10 Å². The van der Waals surface area contributed by atoms with Crippen LogP contribution >= 0.6 is 0 Å². The van der Waals surface area contributed by atoms with Gasteiger partial charge < -0.3 is 20.1 Å². The Hall–Kier alpha value is -2.77. The molecule has 0 spiro atoms. The van der Waals surface area contributed by atoms with Crippen LogP contribution < -0.4 is 20.7 Å². The minimum atomic E-state index is -0.959. The second-order valence-corrected chi connectivity index (χ2v) is 9.68. The fourth-order valence-electron chi connectivity index (χ4n) is 3.60. The molecule has 0 heterocycles. The van der Waals surface area contributed by atoms with Gasteiger partial charge in [-0.25, -0.2) is 4.79 Å². The second-order valence-electron chi connectivity index (χ2n) is 9.68. The number of hydrogen-bond donors (Lipinski definition) is 3. The molecule has 0 radical (unpaired) electrons. The van der Waals surface area contributed by atoms with E-state index < -0.39 is 17.6 Å². The van der Waals surface area contributed by atoms with Crippen LogP contribution in [-0.2, 0) is 14.3 Å². The lowest BCUT2D eigenvalue weighted by atomic mass is 9.88. The van der Waals surface area contributed by atoms with Crippen molar-refractivity contribution >= 4 is 23.6 Å². The summed E-state index contributed by atoms with van der Waals surface area (Å²) < 4.78 is 10.6. The van der Waals surface area contributed by atoms with Crippen LogP contribution in [0.25, 0.3) is 0 Å². The highest BCUT2D eigenvalue weighted by atomic mass is 16.6. The van der Waals surface area contributed by atoms with Crippen molar-refractivity contribution in [2.24, 2.45) is 11.3 Å². The van der Waals surface area contributed by atoms with Crippen LogP contribution in [-0.4, -0.2) is 43.7 Å². The smallest absolute Gasteiger partial charge is 0.412 e. The number of carbonyl (C=O) groups is 3. The van der Waals surface area contributed by atoms with E-state index >= 15 is 0 Å². The molecule has 1 fully saturated rings. The van der Waals surface area contributed by atoms with Crippen molar-refractivity contribution in [2.75, 3.05) is 19.0 Å². The SMILES string of the molecule is CC[C@@H](CCCNC(=O)[C@@H](OC(=O)Nc1ccc(OC)cc1)C(C)(C)C)C(=O)NC1CCC1. The van der Waals surface area contributed by atoms with Crippen molar-refractivity contribution in [3.05, 3.63) is 24.3 Å². The Balaban J connectivity index is 1.81. The highest BCUT2D eigenvalue weighted by Gasteiger charge is 2.35. The molecule has 0 aromatic heterocycles. The first kappa shape index (κ1) is 26.5. The van der Waals surface area contributed by atoms with Gasteiger partial charge in [-0.3, -0.25) is 14.9 Å². The quantitative estimate of drug-likeness (QED) is 0.427. The van der Waals surface area contributed by atoms with Gasteiger partial charge in [-0.2, -0.15) is 0 Å². The third-order valence-corrected chi connectivity index (χ3v) is 5.93. The summed E-state index contributed by atoms with van der Waals surface area (Å²) in [5, 5.41) is 8.61. The predicted molar refractivity (Wildman–Crippen MR) is 128 cm³/mol. The van der Waals surface area contributed by atoms with Gasteiger partial charge in [-0.05, 0) is 62.8 Å². The van der Waals surface area contributed by atoms with E-state index in [9.17, 15) is 14.4 Å². The van der Waals surface area contributed by atoms with Gasteiger partial charge in [0.05, 0.1) is 7.11 Å². The molecular weight excluding hydrogens is 422 g/mol. The number of rotatable bonds is 11. The molecule has 8 heteroatoms. The lowest BCUT2D eigenvalue weighted by molar-refractivity contribution is -0.134. The monoisotopic (exact) mass is 461 g/mol. The molecule has 3 amide bonds. The zero-order valence-corrected chi connectivity index (χ0v) is 20.5. The first-order valence-corrected chi connectivity index (χ1v) is 11.8. The minimum Gasteiger partial charge on any atom is -0.497 e. The molecule has 0 saturated heterocycles. The molecular formula is C25H39N3O5. The summed E-state index contributed by atoms with van der Waals surface area (Å²) in [4.78, 5) is 37.6. The third kappa shape index (κ3) is 8.59. The van der Waals surface area contributed by atoms with Crippen LogP contribution in [0.3, 0.4) is 0 Å². The largest absolute Gasteiger partial charge is 0.497 e. The molecule has 1 aliphatic rings. The van der Waals surface area contributed by atoms with Crippen LogP contribution in [0, 0.1) is 11.3 Å². The first-order valence-electron chi connectivity index (χ1n) is 11.8. The highest BCUT2D eigenvalue weighted by Crippen LogP contribution is 2.24. The molecule has 1 aromatic carbocycles. The Labute approximate surface area is 197 Å². The molecule has 0 unspecified atom stereocenters. The predicted octanol–water partition coefficient (Wildman–Crippen LogP) is 4.25. The normalized spacial score (nSPS) is 15.5. The van der Waals surface area contributed by atoms with E-state index in [1.807, 2.05) is 27.7 Å². The number of methoxy groups -OCH3 is 1. The van der Waals surface area contributed by atoms with E-state index in [0.717, 1.165) is 19.3 Å². The molecule has 0 aliphatic heterocycles. The first-order chi connectivity index (χ1) is 15.6. The van der Waals surface area contributed by atoms with Gasteiger partial charge >= 0.3 is 6.09 Å². The van der Waals surface area contributed by atoms with E-state index in [1.165, 1.54) is 6.42 Å². The lowest BCUT2D eigenvalue weighted by Crippen LogP contribution is -2.46. The Kier molecular flexibility index (Phi) is 10.0. The van der Waals surface area contributed by atoms with Crippen LogP contribution in [0.1, 0.15) is 66.2 Å². The van der Waals surface area contributed by atoms with Crippen molar-refractivity contribution in [3.63, 3.8) is 0 Å². The number of benzene rings is 1. The topological polar surface area (TPSA) is 106 Å². The summed E-state index contributed by atoms with van der Waals surface area (Å²) in [6, 6.07) is 7.16. The van der Waals surface area contributed by atoms with Gasteiger partial charge in [0.1, 0.15) is 5.75 Å². The van der Waals surface area contributed by atoms with E-state index in [4.69, 9.17) is 9.47 Å². The van der Waals surface area contributed by atoms with Crippen molar-refractivity contribution < 1.29 is 23.9 Å². The summed E-state index contributed by atoms with van der Waals surface area (Å²) in [6.45, 7) is 7.96. The van der Waals surface area contributed by atoms with Gasteiger partial charge in [-0.15, -0.1) is 0 Å². The summed E-state index contributed by atoms with van der Waals surface area (Å²) >= 11 is 0. The van der Waals surface area contributed by atoms with Gasteiger partial charge in [0, 0.05) is 29.6 Å². The molecule has 33 heavy (non-hydrogen) atoms. The molecule has 3 N–H and O–H groups in total. The van der Waals surface area contributed by atoms with Crippen LogP contribution in [0.5, 0.6) is 5.75 Å². The number of anilines is 1. The van der Waals surface area contributed by atoms with Gasteiger partial charge in [0.25, 0.3) is 5.91 Å². The Morgan fingerprint density at radius 2 is 1.76 bits per heavy atom. The molecule has 2 atom stereocenters. The zero-order valence-electron chi connectivity index (χ0n) is 20.5. The van der Waals surface area contributed by atoms with E-state index in [-0.39, 0.29) is 17.7 Å². The fourth-order valence-corrected chi connectivity index (χ4v) is 3.60. The maximum Gasteiger partial charge on any atom is 0.412 e. The molecule has 0 bridgehead atoms. The number of hydrogen-bond acceptors (Lipinski definition) is 5. The molecule has 8 nitrogen and oxygen atoms in total. The number of nitrogens with one attached hydrogen (secondary N) is 3. The Morgan fingerprint density at radius 3 is 2.27 bits per heavy atom. The molecule has 1 aliphatic carbocycles. The van der Waals surface area contributed by atoms with Crippen molar-refractivity contribution in [1.82, 2.24) is 10.6 Å². The zero-order chi connectivity index (χ0) is 24.4. The Bertz CT molecular complexity index is 784. The van der Waals surface area contributed by atoms with Crippen LogP contribution in [0.4, 0.5) is 10.5 Å². The molecule has 184 valence electrons. The summed E-state index contributed by atoms with van der Waals surface area (Å²) in [7, 11) is 1.57. The number of carbonyl (C=O) groups excluding carboxylic acids is 3. The van der Waals surface area contributed by atoms with Crippen LogP contribution in [0.2, 0.25) is 0 Å². The third-order valence-electron chi connectivity index (χ3n) is 5.93. The number of amides is 3. The van der Waals surface area contributed by atoms with E-state index in [0.29, 0.717) is 36.9 Å². The van der Waals surface area contributed by atoms with Crippen molar-refractivity contribution in [3.8, 4) is 5.75 Å². The van der Waals surface area contributed by atoms with Gasteiger partial charge in [-0.1, -0.05) is 27.7 Å². The standard InChI is InChI=1S/C25H39N3O5/c1-6-17(22(29)27-18-10-7-11-18)9-8-16-26-23(30)21(25(2,3)4)33-24(31)28-19-12-14-20(32-5)15-13-19/h12-15,17-18,21H,6-11,16H2,1-5H3,(H,26,30)(H,27,29)(H,28,31)/t17-,21+/m0/s1. The van der Waals surface area contributed by atoms with Crippen molar-refractivity contribution in [2.45, 2.75) is 78.4 Å². The molecule has 2 rings (SSSR count). The average Bonchev–Trinajstić information content (AvgIpc) is 2.74. The Morgan fingerprint density at radius 1 is 1.09 bits per heavy atom. The second kappa shape index (κ2) is 12.5. The summed E-state index contributed by atoms with van der Waals surface area (Å²) in [5.41, 5.74) is -0.0460. The average molecular weight is 462 g/mol. The molecule has 1 saturated carbocycles. The highest BCUT2D eigenvalue weighted by molar-refractivity contribution is 5.89. The maximum absolute atomic E-state index is 12.8. The van der Waals surface area contributed by atoms with Crippen LogP contribution in [0.15, 0.2) is 24.3 Å². The van der Waals surface area contributed by atoms with E-state index in [2.05, 4.69) is 16.0 Å². The van der Waals surface area contributed by atoms with Crippen molar-refractivity contribution in [1.29, 1.82) is 0 Å². The number of ether oxygens (including phenoxy) is 2. The fraction of sp³-hybridized carbons (Fsp3) is 0.640. The molecule has 1 aromatic rings. The maximum atomic E-state index is 12.8. The summed E-state index contributed by atoms with van der Waals surface area (Å²) in [6.07, 6.45) is 3.81. The summed E-state index contributed by atoms with van der Waals surface area (Å²) in [5.74, 6) is 0.387. The minimum absolute atomic E-state index is 0.0487. The lowest BCUT2D eigenvalue weighted by Gasteiger charge is -2.29.